The fourth-order valence-corrected chi connectivity index (χ4v) is 1.40. The van der Waals surface area contributed by atoms with Crippen LogP contribution in [0, 0.1) is 11.3 Å². The van der Waals surface area contributed by atoms with Crippen molar-refractivity contribution in [2.45, 2.75) is 12.6 Å². The van der Waals surface area contributed by atoms with Gasteiger partial charge >= 0.3 is 0 Å². The van der Waals surface area contributed by atoms with Gasteiger partial charge in [0.2, 0.25) is 0 Å². The first-order valence-electron chi connectivity index (χ1n) is 5.28. The number of ether oxygens (including phenoxy) is 1. The molecule has 17 heavy (non-hydrogen) atoms. The van der Waals surface area contributed by atoms with Crippen molar-refractivity contribution >= 4 is 0 Å². The third-order valence-electron chi connectivity index (χ3n) is 2.30. The smallest absolute Gasteiger partial charge is 0.136 e. The minimum absolute atomic E-state index is 0.265. The summed E-state index contributed by atoms with van der Waals surface area (Å²) in [5, 5.41) is 29.7. The number of benzene rings is 1. The van der Waals surface area contributed by atoms with Crippen molar-refractivity contribution in [2.75, 3.05) is 20.3 Å². The molecule has 0 fully saturated rings. The largest absolute Gasteiger partial charge is 0.495 e. The van der Waals surface area contributed by atoms with Gasteiger partial charge < -0.3 is 20.3 Å². The second-order valence-corrected chi connectivity index (χ2v) is 3.61. The minimum Gasteiger partial charge on any atom is -0.495 e. The molecule has 3 N–H and O–H groups in total. The first-order chi connectivity index (χ1) is 8.21. The van der Waals surface area contributed by atoms with E-state index in [0.717, 1.165) is 5.56 Å². The Morgan fingerprint density at radius 3 is 2.88 bits per heavy atom. The fourth-order valence-electron chi connectivity index (χ4n) is 1.40. The average Bonchev–Trinajstić information content (AvgIpc) is 2.38. The van der Waals surface area contributed by atoms with Gasteiger partial charge in [0.15, 0.2) is 0 Å². The summed E-state index contributed by atoms with van der Waals surface area (Å²) in [6, 6.07) is 7.37. The molecule has 5 heteroatoms. The van der Waals surface area contributed by atoms with Crippen molar-refractivity contribution in [1.82, 2.24) is 5.32 Å². The molecule has 1 atom stereocenters. The highest BCUT2D eigenvalue weighted by Gasteiger charge is 2.04. The van der Waals surface area contributed by atoms with Crippen LogP contribution in [0.3, 0.4) is 0 Å². The van der Waals surface area contributed by atoms with E-state index >= 15 is 0 Å². The van der Waals surface area contributed by atoms with Crippen molar-refractivity contribution in [1.29, 1.82) is 5.26 Å². The van der Waals surface area contributed by atoms with Crippen molar-refractivity contribution < 1.29 is 14.9 Å². The first kappa shape index (κ1) is 13.5. The quantitative estimate of drug-likeness (QED) is 0.648. The molecular weight excluding hydrogens is 220 g/mol. The summed E-state index contributed by atoms with van der Waals surface area (Å²) < 4.78 is 5.04. The minimum atomic E-state index is -0.760. The molecule has 0 aliphatic heterocycles. The van der Waals surface area contributed by atoms with Crippen molar-refractivity contribution in [3.05, 3.63) is 29.3 Å². The number of hydrogen-bond acceptors (Lipinski definition) is 5. The van der Waals surface area contributed by atoms with E-state index in [2.05, 4.69) is 11.4 Å². The van der Waals surface area contributed by atoms with Crippen LogP contribution in [0.15, 0.2) is 18.2 Å². The van der Waals surface area contributed by atoms with Gasteiger partial charge in [0.05, 0.1) is 25.4 Å². The number of methoxy groups -OCH3 is 1. The van der Waals surface area contributed by atoms with Gasteiger partial charge in [-0.1, -0.05) is 6.07 Å². The molecule has 1 aromatic rings. The van der Waals surface area contributed by atoms with Crippen molar-refractivity contribution in [3.8, 4) is 11.8 Å². The zero-order valence-corrected chi connectivity index (χ0v) is 9.68. The van der Waals surface area contributed by atoms with Gasteiger partial charge in [0, 0.05) is 13.1 Å². The molecule has 5 nitrogen and oxygen atoms in total. The van der Waals surface area contributed by atoms with Crippen LogP contribution >= 0.6 is 0 Å². The summed E-state index contributed by atoms with van der Waals surface area (Å²) >= 11 is 0. The maximum absolute atomic E-state index is 9.13. The lowest BCUT2D eigenvalue weighted by Gasteiger charge is -2.10. The van der Waals surface area contributed by atoms with Gasteiger partial charge in [0.1, 0.15) is 11.8 Å². The van der Waals surface area contributed by atoms with E-state index in [0.29, 0.717) is 24.4 Å². The Kier molecular flexibility index (Phi) is 5.43. The molecule has 0 saturated heterocycles. The van der Waals surface area contributed by atoms with E-state index in [1.807, 2.05) is 6.07 Å². The maximum atomic E-state index is 9.13. The highest BCUT2D eigenvalue weighted by molar-refractivity contribution is 5.45. The summed E-state index contributed by atoms with van der Waals surface area (Å²) in [6.45, 7) is 0.569. The standard InChI is InChI=1S/C12H16N2O3/c1-17-12-3-2-9(4-10(12)5-13)6-14-7-11(16)8-15/h2-4,11,14-16H,6-8H2,1H3. The summed E-state index contributed by atoms with van der Waals surface area (Å²) in [5.41, 5.74) is 1.40. The predicted octanol–water partition coefficient (Wildman–Crippen LogP) is 0.00968. The molecular formula is C12H16N2O3. The van der Waals surface area contributed by atoms with Gasteiger partial charge in [-0.3, -0.25) is 0 Å². The van der Waals surface area contributed by atoms with Crippen LogP contribution in [0.4, 0.5) is 0 Å². The Balaban J connectivity index is 2.58. The first-order valence-corrected chi connectivity index (χ1v) is 5.28. The second-order valence-electron chi connectivity index (χ2n) is 3.61. The molecule has 0 aliphatic carbocycles. The third kappa shape index (κ3) is 4.04. The molecule has 0 spiro atoms. The number of aliphatic hydroxyl groups excluding tert-OH is 2. The molecule has 0 amide bonds. The van der Waals surface area contributed by atoms with E-state index < -0.39 is 6.10 Å². The fraction of sp³-hybridized carbons (Fsp3) is 0.417. The molecule has 0 bridgehead atoms. The number of hydrogen-bond donors (Lipinski definition) is 3. The lowest BCUT2D eigenvalue weighted by atomic mass is 10.1. The number of nitrogens with one attached hydrogen (secondary N) is 1. The zero-order valence-electron chi connectivity index (χ0n) is 9.68. The number of nitriles is 1. The summed E-state index contributed by atoms with van der Waals surface area (Å²) in [4.78, 5) is 0. The van der Waals surface area contributed by atoms with Crippen molar-refractivity contribution in [3.63, 3.8) is 0 Å². The monoisotopic (exact) mass is 236 g/mol. The molecule has 92 valence electrons. The summed E-state index contributed by atoms with van der Waals surface area (Å²) in [5.74, 6) is 0.548. The number of nitrogens with zero attached hydrogens (tertiary/aromatic N) is 1. The molecule has 0 heterocycles. The van der Waals surface area contributed by atoms with E-state index in [9.17, 15) is 0 Å². The lowest BCUT2D eigenvalue weighted by molar-refractivity contribution is 0.0942. The van der Waals surface area contributed by atoms with Gasteiger partial charge in [-0.25, -0.2) is 0 Å². The Morgan fingerprint density at radius 1 is 1.53 bits per heavy atom. The molecule has 1 unspecified atom stereocenters. The number of rotatable bonds is 6. The maximum Gasteiger partial charge on any atom is 0.136 e. The summed E-state index contributed by atoms with van der Waals surface area (Å²) in [7, 11) is 1.52. The Labute approximate surface area is 100 Å². The SMILES string of the molecule is COc1ccc(CNCC(O)CO)cc1C#N. The second kappa shape index (κ2) is 6.86. The highest BCUT2D eigenvalue weighted by atomic mass is 16.5. The zero-order chi connectivity index (χ0) is 12.7. The molecule has 0 saturated carbocycles. The van der Waals surface area contributed by atoms with Gasteiger partial charge in [-0.2, -0.15) is 5.26 Å². The van der Waals surface area contributed by atoms with E-state index in [-0.39, 0.29) is 6.61 Å². The van der Waals surface area contributed by atoms with Crippen LogP contribution in [0.25, 0.3) is 0 Å². The van der Waals surface area contributed by atoms with E-state index in [4.69, 9.17) is 20.2 Å². The van der Waals surface area contributed by atoms with Crippen LogP contribution in [0.2, 0.25) is 0 Å². The Hall–Kier alpha value is -1.61. The van der Waals surface area contributed by atoms with Crippen LogP contribution < -0.4 is 10.1 Å². The van der Waals surface area contributed by atoms with Crippen molar-refractivity contribution in [2.24, 2.45) is 0 Å². The topological polar surface area (TPSA) is 85.5 Å². The van der Waals surface area contributed by atoms with Crippen LogP contribution in [0.5, 0.6) is 5.75 Å². The average molecular weight is 236 g/mol. The lowest BCUT2D eigenvalue weighted by Crippen LogP contribution is -2.28. The van der Waals surface area contributed by atoms with E-state index in [1.54, 1.807) is 12.1 Å². The van der Waals surface area contributed by atoms with Crippen LogP contribution in [0.1, 0.15) is 11.1 Å². The normalized spacial score (nSPS) is 11.9. The molecule has 0 aromatic heterocycles. The van der Waals surface area contributed by atoms with Gasteiger partial charge in [0.25, 0.3) is 0 Å². The van der Waals surface area contributed by atoms with Crippen LogP contribution in [-0.4, -0.2) is 36.6 Å². The molecule has 0 aliphatic rings. The Bertz CT molecular complexity index is 401. The molecule has 1 rings (SSSR count). The van der Waals surface area contributed by atoms with Crippen LogP contribution in [-0.2, 0) is 6.54 Å². The molecule has 0 radical (unpaired) electrons. The molecule has 1 aromatic carbocycles. The predicted molar refractivity (Wildman–Crippen MR) is 62.5 cm³/mol. The van der Waals surface area contributed by atoms with Gasteiger partial charge in [-0.05, 0) is 17.7 Å². The third-order valence-corrected chi connectivity index (χ3v) is 2.30. The highest BCUT2D eigenvalue weighted by Crippen LogP contribution is 2.18. The number of aliphatic hydroxyl groups is 2. The van der Waals surface area contributed by atoms with E-state index in [1.165, 1.54) is 7.11 Å². The Morgan fingerprint density at radius 2 is 2.29 bits per heavy atom. The van der Waals surface area contributed by atoms with Gasteiger partial charge in [-0.15, -0.1) is 0 Å². The summed E-state index contributed by atoms with van der Waals surface area (Å²) in [6.07, 6.45) is -0.760.